The number of ether oxygens (including phenoxy) is 1. The molecule has 1 aromatic heterocycles. The zero-order chi connectivity index (χ0) is 14.7. The maximum absolute atomic E-state index is 12.2. The van der Waals surface area contributed by atoms with Crippen molar-refractivity contribution < 1.29 is 9.53 Å². The fraction of sp³-hybridized carbons (Fsp3) is 0.333. The highest BCUT2D eigenvalue weighted by molar-refractivity contribution is 6.33. The fourth-order valence-corrected chi connectivity index (χ4v) is 2.15. The van der Waals surface area contributed by atoms with Gasteiger partial charge in [-0.1, -0.05) is 11.6 Å². The minimum absolute atomic E-state index is 0.189. The average Bonchev–Trinajstić information content (AvgIpc) is 3.04. The van der Waals surface area contributed by atoms with E-state index in [1.165, 1.54) is 11.0 Å². The molecule has 1 saturated heterocycles. The van der Waals surface area contributed by atoms with Crippen molar-refractivity contribution in [2.45, 2.75) is 6.04 Å². The number of nitrogens with one attached hydrogen (secondary N) is 2. The second kappa shape index (κ2) is 6.17. The van der Waals surface area contributed by atoms with Crippen molar-refractivity contribution in [3.05, 3.63) is 29.5 Å². The maximum atomic E-state index is 12.2. The number of aromatic nitrogens is 4. The fourth-order valence-electron chi connectivity index (χ4n) is 1.98. The molecule has 2 aromatic rings. The number of morpholine rings is 1. The minimum Gasteiger partial charge on any atom is -0.378 e. The first kappa shape index (κ1) is 13.9. The van der Waals surface area contributed by atoms with Crippen molar-refractivity contribution in [3.63, 3.8) is 0 Å². The molecule has 2 heterocycles. The van der Waals surface area contributed by atoms with Gasteiger partial charge in [0.1, 0.15) is 12.4 Å². The molecule has 0 radical (unpaired) electrons. The van der Waals surface area contributed by atoms with E-state index < -0.39 is 0 Å². The molecule has 1 unspecified atom stereocenters. The van der Waals surface area contributed by atoms with Crippen LogP contribution in [-0.4, -0.2) is 51.9 Å². The van der Waals surface area contributed by atoms with E-state index in [-0.39, 0.29) is 11.9 Å². The van der Waals surface area contributed by atoms with Gasteiger partial charge in [0, 0.05) is 6.54 Å². The summed E-state index contributed by atoms with van der Waals surface area (Å²) < 4.78 is 6.75. The summed E-state index contributed by atoms with van der Waals surface area (Å²) in [6.45, 7) is 1.60. The van der Waals surface area contributed by atoms with Crippen molar-refractivity contribution in [1.82, 2.24) is 25.5 Å². The van der Waals surface area contributed by atoms with Crippen LogP contribution < -0.4 is 10.6 Å². The van der Waals surface area contributed by atoms with Crippen LogP contribution in [-0.2, 0) is 9.53 Å². The molecule has 110 valence electrons. The molecule has 3 rings (SSSR count). The predicted octanol–water partition coefficient (Wildman–Crippen LogP) is 0.243. The van der Waals surface area contributed by atoms with Crippen LogP contribution in [0.3, 0.4) is 0 Å². The molecular formula is C12H13ClN6O2. The molecule has 0 bridgehead atoms. The van der Waals surface area contributed by atoms with E-state index >= 15 is 0 Å². The molecule has 0 aliphatic carbocycles. The molecule has 2 N–H and O–H groups in total. The summed E-state index contributed by atoms with van der Waals surface area (Å²) in [4.78, 5) is 12.2. The summed E-state index contributed by atoms with van der Waals surface area (Å²) in [6.07, 6.45) is 1.46. The summed E-state index contributed by atoms with van der Waals surface area (Å²) >= 11 is 6.11. The number of amides is 1. The Hall–Kier alpha value is -2.03. The zero-order valence-corrected chi connectivity index (χ0v) is 11.7. The second-order valence-corrected chi connectivity index (χ2v) is 4.90. The van der Waals surface area contributed by atoms with Gasteiger partial charge >= 0.3 is 0 Å². The molecule has 1 aliphatic rings. The van der Waals surface area contributed by atoms with Crippen LogP contribution in [0.1, 0.15) is 0 Å². The first-order chi connectivity index (χ1) is 10.2. The lowest BCUT2D eigenvalue weighted by Gasteiger charge is -2.23. The second-order valence-electron chi connectivity index (χ2n) is 4.49. The smallest absolute Gasteiger partial charge is 0.243 e. The third-order valence-corrected chi connectivity index (χ3v) is 3.39. The number of anilines is 1. The molecule has 1 aliphatic heterocycles. The van der Waals surface area contributed by atoms with Crippen molar-refractivity contribution in [2.75, 3.05) is 25.1 Å². The molecule has 1 amide bonds. The number of rotatable bonds is 3. The maximum Gasteiger partial charge on any atom is 0.243 e. The Morgan fingerprint density at radius 3 is 3.14 bits per heavy atom. The first-order valence-electron chi connectivity index (χ1n) is 6.39. The van der Waals surface area contributed by atoms with Crippen molar-refractivity contribution >= 4 is 23.2 Å². The number of tetrazole rings is 1. The number of carbonyl (C=O) groups is 1. The Kier molecular flexibility index (Phi) is 4.09. The first-order valence-corrected chi connectivity index (χ1v) is 6.77. The molecule has 1 aromatic carbocycles. The van der Waals surface area contributed by atoms with E-state index in [9.17, 15) is 4.79 Å². The van der Waals surface area contributed by atoms with Crippen LogP contribution in [0, 0.1) is 0 Å². The molecule has 1 fully saturated rings. The Morgan fingerprint density at radius 2 is 2.43 bits per heavy atom. The monoisotopic (exact) mass is 308 g/mol. The van der Waals surface area contributed by atoms with Gasteiger partial charge in [-0.05, 0) is 28.6 Å². The highest BCUT2D eigenvalue weighted by atomic mass is 35.5. The third-order valence-electron chi connectivity index (χ3n) is 3.06. The van der Waals surface area contributed by atoms with Gasteiger partial charge in [0.05, 0.1) is 29.6 Å². The van der Waals surface area contributed by atoms with Crippen molar-refractivity contribution in [1.29, 1.82) is 0 Å². The van der Waals surface area contributed by atoms with E-state index in [1.807, 2.05) is 0 Å². The lowest BCUT2D eigenvalue weighted by molar-refractivity contribution is -0.120. The molecule has 21 heavy (non-hydrogen) atoms. The predicted molar refractivity (Wildman–Crippen MR) is 75.4 cm³/mol. The Morgan fingerprint density at radius 1 is 1.52 bits per heavy atom. The summed E-state index contributed by atoms with van der Waals surface area (Å²) in [5, 5.41) is 17.2. The standard InChI is InChI=1S/C12H13ClN6O2/c13-9-2-1-8(19-7-15-17-18-19)5-10(9)16-12(20)11-6-21-4-3-14-11/h1-2,5,7,11,14H,3-4,6H2,(H,16,20). The van der Waals surface area contributed by atoms with Gasteiger partial charge in [0.15, 0.2) is 0 Å². The van der Waals surface area contributed by atoms with Crippen LogP contribution in [0.2, 0.25) is 5.02 Å². The van der Waals surface area contributed by atoms with Crippen LogP contribution in [0.15, 0.2) is 24.5 Å². The number of carbonyl (C=O) groups excluding carboxylic acids is 1. The van der Waals surface area contributed by atoms with E-state index in [0.717, 1.165) is 0 Å². The molecular weight excluding hydrogens is 296 g/mol. The van der Waals surface area contributed by atoms with E-state index in [0.29, 0.717) is 36.2 Å². The zero-order valence-electron chi connectivity index (χ0n) is 11.0. The van der Waals surface area contributed by atoms with Gasteiger partial charge in [-0.15, -0.1) is 5.10 Å². The van der Waals surface area contributed by atoms with Gasteiger partial charge in [-0.25, -0.2) is 4.68 Å². The van der Waals surface area contributed by atoms with Gasteiger partial charge < -0.3 is 15.4 Å². The lowest BCUT2D eigenvalue weighted by Crippen LogP contribution is -2.48. The van der Waals surface area contributed by atoms with Gasteiger partial charge in [-0.2, -0.15) is 0 Å². The molecule has 0 saturated carbocycles. The van der Waals surface area contributed by atoms with Gasteiger partial charge in [-0.3, -0.25) is 4.79 Å². The average molecular weight is 309 g/mol. The van der Waals surface area contributed by atoms with Gasteiger partial charge in [0.2, 0.25) is 5.91 Å². The normalized spacial score (nSPS) is 18.4. The van der Waals surface area contributed by atoms with Crippen LogP contribution in [0.5, 0.6) is 0 Å². The molecule has 1 atom stereocenters. The van der Waals surface area contributed by atoms with Crippen molar-refractivity contribution in [3.8, 4) is 5.69 Å². The van der Waals surface area contributed by atoms with Crippen molar-refractivity contribution in [2.24, 2.45) is 0 Å². The minimum atomic E-state index is -0.383. The number of benzene rings is 1. The highest BCUT2D eigenvalue weighted by Gasteiger charge is 2.21. The molecule has 9 heteroatoms. The molecule has 0 spiro atoms. The van der Waals surface area contributed by atoms with Crippen LogP contribution in [0.4, 0.5) is 5.69 Å². The van der Waals surface area contributed by atoms with E-state index in [1.54, 1.807) is 18.2 Å². The summed E-state index contributed by atoms with van der Waals surface area (Å²) in [5.41, 5.74) is 1.20. The lowest BCUT2D eigenvalue weighted by atomic mass is 10.2. The molecule has 8 nitrogen and oxygen atoms in total. The summed E-state index contributed by atoms with van der Waals surface area (Å²) in [5.74, 6) is -0.189. The number of halogens is 1. The quantitative estimate of drug-likeness (QED) is 0.844. The van der Waals surface area contributed by atoms with Gasteiger partial charge in [0.25, 0.3) is 0 Å². The SMILES string of the molecule is O=C(Nc1cc(-n2cnnn2)ccc1Cl)C1COCCN1. The van der Waals surface area contributed by atoms with Crippen LogP contribution >= 0.6 is 11.6 Å². The van der Waals surface area contributed by atoms with Crippen LogP contribution in [0.25, 0.3) is 5.69 Å². The Bertz CT molecular complexity index is 627. The Labute approximate surface area is 125 Å². The summed E-state index contributed by atoms with van der Waals surface area (Å²) in [7, 11) is 0. The Balaban J connectivity index is 1.78. The number of nitrogens with zero attached hydrogens (tertiary/aromatic N) is 4. The number of hydrogen-bond acceptors (Lipinski definition) is 6. The van der Waals surface area contributed by atoms with E-state index in [4.69, 9.17) is 16.3 Å². The topological polar surface area (TPSA) is 94.0 Å². The summed E-state index contributed by atoms with van der Waals surface area (Å²) in [6, 6.07) is 4.77. The third kappa shape index (κ3) is 3.18. The van der Waals surface area contributed by atoms with E-state index in [2.05, 4.69) is 26.2 Å². The number of hydrogen-bond donors (Lipinski definition) is 2. The highest BCUT2D eigenvalue weighted by Crippen LogP contribution is 2.24. The largest absolute Gasteiger partial charge is 0.378 e.